The molecule has 0 bridgehead atoms. The van der Waals surface area contributed by atoms with Crippen molar-refractivity contribution < 1.29 is 5.21 Å². The third kappa shape index (κ3) is 3.56. The van der Waals surface area contributed by atoms with Crippen molar-refractivity contribution in [2.45, 2.75) is 26.2 Å². The van der Waals surface area contributed by atoms with Gasteiger partial charge in [0.2, 0.25) is 0 Å². The molecule has 1 aromatic carbocycles. The Balaban J connectivity index is 0.000000861. The molecule has 1 aliphatic rings. The van der Waals surface area contributed by atoms with Crippen molar-refractivity contribution in [3.8, 4) is 0 Å². The van der Waals surface area contributed by atoms with Crippen LogP contribution in [0.1, 0.15) is 29.5 Å². The van der Waals surface area contributed by atoms with E-state index < -0.39 is 0 Å². The second kappa shape index (κ2) is 6.92. The van der Waals surface area contributed by atoms with Crippen molar-refractivity contribution in [1.29, 1.82) is 0 Å². The molecular weight excluding hydrogens is 236 g/mol. The predicted molar refractivity (Wildman–Crippen MR) is 80.5 cm³/mol. The number of hydrogen-bond donors (Lipinski definition) is 3. The monoisotopic (exact) mass is 258 g/mol. The van der Waals surface area contributed by atoms with Gasteiger partial charge < -0.3 is 10.9 Å². The molecule has 0 saturated heterocycles. The molecule has 19 heavy (non-hydrogen) atoms. The van der Waals surface area contributed by atoms with E-state index in [1.54, 1.807) is 6.08 Å². The van der Waals surface area contributed by atoms with E-state index in [2.05, 4.69) is 44.2 Å². The first-order chi connectivity index (χ1) is 9.11. The minimum absolute atomic E-state index is 0.815. The Morgan fingerprint density at radius 1 is 1.32 bits per heavy atom. The average molecular weight is 258 g/mol. The molecule has 1 aromatic rings. The van der Waals surface area contributed by atoms with Crippen LogP contribution in [0, 0.1) is 6.92 Å². The number of fused-ring (bicyclic) bond motifs is 1. The van der Waals surface area contributed by atoms with Gasteiger partial charge in [-0.15, -0.1) is 0 Å². The molecular formula is C16H22N2O. The van der Waals surface area contributed by atoms with E-state index in [0.717, 1.165) is 30.5 Å². The van der Waals surface area contributed by atoms with E-state index in [1.165, 1.54) is 22.3 Å². The predicted octanol–water partition coefficient (Wildman–Crippen LogP) is 3.08. The van der Waals surface area contributed by atoms with Gasteiger partial charge in [0, 0.05) is 5.70 Å². The largest absolute Gasteiger partial charge is 0.399 e. The highest BCUT2D eigenvalue weighted by atomic mass is 16.4. The van der Waals surface area contributed by atoms with E-state index in [9.17, 15) is 0 Å². The number of rotatable bonds is 1. The van der Waals surface area contributed by atoms with Crippen molar-refractivity contribution in [1.82, 2.24) is 0 Å². The van der Waals surface area contributed by atoms with Gasteiger partial charge in [-0.2, -0.15) is 0 Å². The van der Waals surface area contributed by atoms with E-state index in [1.807, 2.05) is 0 Å². The van der Waals surface area contributed by atoms with Crippen LogP contribution >= 0.6 is 0 Å². The third-order valence-corrected chi connectivity index (χ3v) is 3.39. The molecule has 1 aliphatic carbocycles. The van der Waals surface area contributed by atoms with E-state index in [0.29, 0.717) is 0 Å². The molecule has 0 atom stereocenters. The minimum Gasteiger partial charge on any atom is -0.399 e. The van der Waals surface area contributed by atoms with Crippen molar-refractivity contribution in [2.24, 2.45) is 11.6 Å². The van der Waals surface area contributed by atoms with Gasteiger partial charge in [0.25, 0.3) is 0 Å². The number of allylic oxidation sites excluding steroid dienone is 3. The van der Waals surface area contributed by atoms with Crippen LogP contribution in [0.25, 0.3) is 5.57 Å². The standard InChI is InChI=1S/C16H19N.H3NO/c1-4-16(17)14-7-6-13-9-11(2)5-8-15(13)12(3)10-14;1-2/h4-5,8-9H,1,3,6-7,10,17H2,2H3;2H,1H2/b16-14+;. The summed E-state index contributed by atoms with van der Waals surface area (Å²) in [4.78, 5) is 0. The maximum atomic E-state index is 6.50. The lowest BCUT2D eigenvalue weighted by molar-refractivity contribution is 0.311. The van der Waals surface area contributed by atoms with Crippen LogP contribution < -0.4 is 11.6 Å². The first-order valence-corrected chi connectivity index (χ1v) is 6.25. The number of nitrogens with two attached hydrogens (primary N) is 2. The normalized spacial score (nSPS) is 16.7. The topological polar surface area (TPSA) is 72.3 Å². The number of hydrogen-bond acceptors (Lipinski definition) is 3. The van der Waals surface area contributed by atoms with Crippen LogP contribution in [0.2, 0.25) is 0 Å². The molecule has 0 radical (unpaired) electrons. The smallest absolute Gasteiger partial charge is 0.0303 e. The maximum Gasteiger partial charge on any atom is 0.0303 e. The molecule has 0 unspecified atom stereocenters. The molecule has 0 amide bonds. The molecule has 0 heterocycles. The fourth-order valence-corrected chi connectivity index (χ4v) is 2.39. The first kappa shape index (κ1) is 15.2. The second-order valence-electron chi connectivity index (χ2n) is 4.70. The van der Waals surface area contributed by atoms with Gasteiger partial charge in [-0.25, -0.2) is 5.90 Å². The van der Waals surface area contributed by atoms with Gasteiger partial charge in [-0.3, -0.25) is 0 Å². The molecule has 3 heteroatoms. The van der Waals surface area contributed by atoms with Crippen molar-refractivity contribution in [3.05, 3.63) is 65.4 Å². The molecule has 0 aliphatic heterocycles. The number of aryl methyl sites for hydroxylation is 2. The summed E-state index contributed by atoms with van der Waals surface area (Å²) in [5.41, 5.74) is 13.2. The summed E-state index contributed by atoms with van der Waals surface area (Å²) in [6, 6.07) is 6.59. The van der Waals surface area contributed by atoms with Gasteiger partial charge in [-0.05, 0) is 54.5 Å². The average Bonchev–Trinajstić information content (AvgIpc) is 2.59. The Kier molecular flexibility index (Phi) is 5.55. The zero-order chi connectivity index (χ0) is 14.4. The Morgan fingerprint density at radius 2 is 2.00 bits per heavy atom. The highest BCUT2D eigenvalue weighted by Gasteiger charge is 2.15. The zero-order valence-electron chi connectivity index (χ0n) is 11.4. The fourth-order valence-electron chi connectivity index (χ4n) is 2.39. The summed E-state index contributed by atoms with van der Waals surface area (Å²) in [6.07, 6.45) is 4.66. The quantitative estimate of drug-likeness (QED) is 0.535. The molecule has 0 spiro atoms. The first-order valence-electron chi connectivity index (χ1n) is 6.25. The summed E-state index contributed by atoms with van der Waals surface area (Å²) in [5.74, 6) is 3.50. The van der Waals surface area contributed by atoms with E-state index >= 15 is 0 Å². The molecule has 5 N–H and O–H groups in total. The van der Waals surface area contributed by atoms with Crippen LogP contribution in [0.4, 0.5) is 0 Å². The summed E-state index contributed by atoms with van der Waals surface area (Å²) in [6.45, 7) is 10.1. The molecule has 0 saturated carbocycles. The van der Waals surface area contributed by atoms with Gasteiger partial charge in [0.05, 0.1) is 0 Å². The Labute approximate surface area is 114 Å². The fraction of sp³-hybridized carbons (Fsp3) is 0.250. The van der Waals surface area contributed by atoms with Crippen molar-refractivity contribution >= 4 is 5.57 Å². The lowest BCUT2D eigenvalue weighted by Crippen LogP contribution is -1.99. The lowest BCUT2D eigenvalue weighted by Gasteiger charge is -2.08. The van der Waals surface area contributed by atoms with Crippen LogP contribution in [0.5, 0.6) is 0 Å². The number of benzene rings is 1. The minimum atomic E-state index is 0.815. The van der Waals surface area contributed by atoms with E-state index in [4.69, 9.17) is 10.9 Å². The van der Waals surface area contributed by atoms with Crippen LogP contribution in [0.15, 0.2) is 48.7 Å². The summed E-state index contributed by atoms with van der Waals surface area (Å²) >= 11 is 0. The summed E-state index contributed by atoms with van der Waals surface area (Å²) in [5, 5.41) is 6.50. The second-order valence-corrected chi connectivity index (χ2v) is 4.70. The van der Waals surface area contributed by atoms with Gasteiger partial charge >= 0.3 is 0 Å². The van der Waals surface area contributed by atoms with Crippen molar-refractivity contribution in [3.63, 3.8) is 0 Å². The highest BCUT2D eigenvalue weighted by molar-refractivity contribution is 5.70. The van der Waals surface area contributed by atoms with Gasteiger partial charge in [0.15, 0.2) is 0 Å². The van der Waals surface area contributed by atoms with Gasteiger partial charge in [-0.1, -0.05) is 36.9 Å². The third-order valence-electron chi connectivity index (χ3n) is 3.39. The van der Waals surface area contributed by atoms with Crippen LogP contribution in [0.3, 0.4) is 0 Å². The maximum absolute atomic E-state index is 6.50. The van der Waals surface area contributed by atoms with Crippen molar-refractivity contribution in [2.75, 3.05) is 0 Å². The Morgan fingerprint density at radius 3 is 2.63 bits per heavy atom. The summed E-state index contributed by atoms with van der Waals surface area (Å²) in [7, 11) is 0. The SMILES string of the molecule is C=C/C(N)=C1/CCc2cc(C)ccc2C(=C)C1.NO. The summed E-state index contributed by atoms with van der Waals surface area (Å²) < 4.78 is 0. The molecule has 102 valence electrons. The Bertz CT molecular complexity index is 515. The molecule has 0 aromatic heterocycles. The van der Waals surface area contributed by atoms with Crippen LogP contribution in [-0.4, -0.2) is 5.21 Å². The van der Waals surface area contributed by atoms with Gasteiger partial charge in [0.1, 0.15) is 0 Å². The molecule has 0 fully saturated rings. The lowest BCUT2D eigenvalue weighted by atomic mass is 9.97. The van der Waals surface area contributed by atoms with E-state index in [-0.39, 0.29) is 0 Å². The Hall–Kier alpha value is -1.84. The molecule has 3 nitrogen and oxygen atoms in total. The molecule has 2 rings (SSSR count). The van der Waals surface area contributed by atoms with Crippen LogP contribution in [-0.2, 0) is 6.42 Å². The highest BCUT2D eigenvalue weighted by Crippen LogP contribution is 2.32. The zero-order valence-corrected chi connectivity index (χ0v) is 11.4.